The van der Waals surface area contributed by atoms with Crippen molar-refractivity contribution in [3.8, 4) is 11.3 Å². The summed E-state index contributed by atoms with van der Waals surface area (Å²) in [5.41, 5.74) is 2.58. The van der Waals surface area contributed by atoms with Crippen LogP contribution in [0.15, 0.2) is 48.9 Å². The number of anilines is 2. The van der Waals surface area contributed by atoms with Crippen molar-refractivity contribution in [1.29, 1.82) is 0 Å². The van der Waals surface area contributed by atoms with Crippen LogP contribution in [0.5, 0.6) is 0 Å². The number of hydrogen-bond donors (Lipinski definition) is 3. The molecule has 0 aliphatic heterocycles. The summed E-state index contributed by atoms with van der Waals surface area (Å²) in [6.07, 6.45) is 2.95. The highest BCUT2D eigenvalue weighted by atomic mass is 19.1. The average Bonchev–Trinajstić information content (AvgIpc) is 3.30. The largest absolute Gasteiger partial charge is 0.337 e. The molecule has 5 rings (SSSR count). The molecule has 3 aromatic heterocycles. The van der Waals surface area contributed by atoms with Crippen LogP contribution < -0.4 is 5.32 Å². The highest BCUT2D eigenvalue weighted by Crippen LogP contribution is 2.32. The molecule has 0 saturated heterocycles. The van der Waals surface area contributed by atoms with E-state index < -0.39 is 5.82 Å². The van der Waals surface area contributed by atoms with Gasteiger partial charge in [0, 0.05) is 17.0 Å². The molecule has 0 fully saturated rings. The monoisotopic (exact) mass is 363 g/mol. The maximum Gasteiger partial charge on any atom is 0.186 e. The summed E-state index contributed by atoms with van der Waals surface area (Å²) < 4.78 is 27.7. The zero-order valence-corrected chi connectivity index (χ0v) is 13.7. The van der Waals surface area contributed by atoms with Gasteiger partial charge >= 0.3 is 0 Å². The minimum absolute atomic E-state index is 0.246. The van der Waals surface area contributed by atoms with Gasteiger partial charge in [0.2, 0.25) is 0 Å². The van der Waals surface area contributed by atoms with Crippen LogP contribution in [0.2, 0.25) is 0 Å². The van der Waals surface area contributed by atoms with Gasteiger partial charge in [-0.2, -0.15) is 10.2 Å². The van der Waals surface area contributed by atoms with Gasteiger partial charge in [-0.3, -0.25) is 10.2 Å². The Labute approximate surface area is 150 Å². The number of benzene rings is 2. The Morgan fingerprint density at radius 3 is 2.67 bits per heavy atom. The lowest BCUT2D eigenvalue weighted by Gasteiger charge is -2.09. The Hall–Kier alpha value is -3.88. The number of fused-ring (bicyclic) bond motifs is 2. The molecule has 0 saturated carbocycles. The molecule has 3 N–H and O–H groups in total. The van der Waals surface area contributed by atoms with E-state index in [-0.39, 0.29) is 11.5 Å². The van der Waals surface area contributed by atoms with E-state index in [0.29, 0.717) is 33.6 Å². The van der Waals surface area contributed by atoms with Crippen molar-refractivity contribution in [1.82, 2.24) is 30.4 Å². The molecule has 0 spiro atoms. The first kappa shape index (κ1) is 15.4. The fourth-order valence-corrected chi connectivity index (χ4v) is 2.96. The van der Waals surface area contributed by atoms with Crippen LogP contribution in [0.3, 0.4) is 0 Å². The number of rotatable bonds is 3. The van der Waals surface area contributed by atoms with Crippen LogP contribution in [0.1, 0.15) is 0 Å². The molecule has 3 heterocycles. The standard InChI is InChI=1S/C18H11F2N7/c19-11-3-1-9(2-4-11)16-15-17(21-8-22-18(15)27-26-16)24-14-5-10-7-23-25-13(10)6-12(14)20/h1-8H,(H,23,25)(H2,21,22,24,26,27). The topological polar surface area (TPSA) is 95.2 Å². The quantitative estimate of drug-likeness (QED) is 0.452. The van der Waals surface area contributed by atoms with Gasteiger partial charge < -0.3 is 5.32 Å². The molecule has 7 nitrogen and oxygen atoms in total. The molecule has 0 atom stereocenters. The second-order valence-corrected chi connectivity index (χ2v) is 5.94. The van der Waals surface area contributed by atoms with Gasteiger partial charge in [0.05, 0.1) is 28.5 Å². The first-order chi connectivity index (χ1) is 13.2. The van der Waals surface area contributed by atoms with E-state index >= 15 is 0 Å². The number of halogens is 2. The van der Waals surface area contributed by atoms with Crippen LogP contribution in [0, 0.1) is 11.6 Å². The van der Waals surface area contributed by atoms with Crippen LogP contribution >= 0.6 is 0 Å². The van der Waals surface area contributed by atoms with Crippen molar-refractivity contribution in [3.63, 3.8) is 0 Å². The van der Waals surface area contributed by atoms with Gasteiger partial charge in [-0.15, -0.1) is 0 Å². The molecule has 0 unspecified atom stereocenters. The zero-order chi connectivity index (χ0) is 18.4. The molecule has 0 bridgehead atoms. The average molecular weight is 363 g/mol. The Morgan fingerprint density at radius 2 is 1.81 bits per heavy atom. The summed E-state index contributed by atoms with van der Waals surface area (Å²) in [6, 6.07) is 8.95. The van der Waals surface area contributed by atoms with Crippen LogP contribution in [-0.2, 0) is 0 Å². The Bertz CT molecular complexity index is 1270. The minimum atomic E-state index is -0.453. The third-order valence-electron chi connectivity index (χ3n) is 4.26. The van der Waals surface area contributed by atoms with E-state index in [1.54, 1.807) is 24.4 Å². The Balaban J connectivity index is 1.65. The van der Waals surface area contributed by atoms with E-state index in [1.165, 1.54) is 24.5 Å². The van der Waals surface area contributed by atoms with Gasteiger partial charge in [-0.25, -0.2) is 18.7 Å². The lowest BCUT2D eigenvalue weighted by Crippen LogP contribution is -1.98. The predicted octanol–water partition coefficient (Wildman–Crippen LogP) is 3.92. The van der Waals surface area contributed by atoms with Crippen LogP contribution in [0.4, 0.5) is 20.3 Å². The number of hydrogen-bond acceptors (Lipinski definition) is 5. The van der Waals surface area contributed by atoms with Crippen LogP contribution in [-0.4, -0.2) is 30.4 Å². The Morgan fingerprint density at radius 1 is 0.963 bits per heavy atom. The molecule has 0 amide bonds. The fraction of sp³-hybridized carbons (Fsp3) is 0. The van der Waals surface area contributed by atoms with Gasteiger partial charge in [-0.1, -0.05) is 0 Å². The predicted molar refractivity (Wildman–Crippen MR) is 96.4 cm³/mol. The van der Waals surface area contributed by atoms with Gasteiger partial charge in [0.25, 0.3) is 0 Å². The molecule has 2 aromatic carbocycles. The van der Waals surface area contributed by atoms with Gasteiger partial charge in [0.1, 0.15) is 23.8 Å². The lowest BCUT2D eigenvalue weighted by atomic mass is 10.1. The molecule has 5 aromatic rings. The van der Waals surface area contributed by atoms with Gasteiger partial charge in [0.15, 0.2) is 5.65 Å². The third-order valence-corrected chi connectivity index (χ3v) is 4.26. The molecule has 0 aliphatic carbocycles. The van der Waals surface area contributed by atoms with Crippen molar-refractivity contribution < 1.29 is 8.78 Å². The molecular weight excluding hydrogens is 352 g/mol. The Kier molecular flexibility index (Phi) is 3.32. The molecule has 9 heteroatoms. The minimum Gasteiger partial charge on any atom is -0.337 e. The fourth-order valence-electron chi connectivity index (χ4n) is 2.96. The second kappa shape index (κ2) is 5.84. The van der Waals surface area contributed by atoms with Crippen molar-refractivity contribution in [3.05, 3.63) is 60.6 Å². The number of aromatic nitrogens is 6. The van der Waals surface area contributed by atoms with E-state index in [0.717, 1.165) is 5.39 Å². The maximum atomic E-state index is 14.5. The first-order valence-electron chi connectivity index (χ1n) is 8.04. The normalized spacial score (nSPS) is 11.3. The second-order valence-electron chi connectivity index (χ2n) is 5.94. The van der Waals surface area contributed by atoms with Gasteiger partial charge in [-0.05, 0) is 30.3 Å². The maximum absolute atomic E-state index is 14.5. The first-order valence-corrected chi connectivity index (χ1v) is 8.04. The number of H-pyrrole nitrogens is 2. The number of aromatic amines is 2. The van der Waals surface area contributed by atoms with E-state index in [2.05, 4.69) is 35.7 Å². The molecular formula is C18H11F2N7. The molecule has 27 heavy (non-hydrogen) atoms. The SMILES string of the molecule is Fc1ccc(-c2[nH]nc3ncnc(Nc4cc5cn[nH]c5cc4F)c23)cc1. The summed E-state index contributed by atoms with van der Waals surface area (Å²) in [5.74, 6) is -0.409. The van der Waals surface area contributed by atoms with Crippen molar-refractivity contribution in [2.45, 2.75) is 0 Å². The van der Waals surface area contributed by atoms with Crippen molar-refractivity contribution in [2.75, 3.05) is 5.32 Å². The van der Waals surface area contributed by atoms with Crippen LogP contribution in [0.25, 0.3) is 33.2 Å². The summed E-state index contributed by atoms with van der Waals surface area (Å²) in [7, 11) is 0. The third kappa shape index (κ3) is 2.56. The smallest absolute Gasteiger partial charge is 0.186 e. The van der Waals surface area contributed by atoms with E-state index in [1.807, 2.05) is 0 Å². The molecule has 0 aliphatic rings. The van der Waals surface area contributed by atoms with E-state index in [4.69, 9.17) is 0 Å². The highest BCUT2D eigenvalue weighted by molar-refractivity contribution is 6.00. The summed E-state index contributed by atoms with van der Waals surface area (Å²) >= 11 is 0. The van der Waals surface area contributed by atoms with Crippen molar-refractivity contribution in [2.24, 2.45) is 0 Å². The van der Waals surface area contributed by atoms with E-state index in [9.17, 15) is 8.78 Å². The summed E-state index contributed by atoms with van der Waals surface area (Å²) in [6.45, 7) is 0. The summed E-state index contributed by atoms with van der Waals surface area (Å²) in [4.78, 5) is 8.38. The zero-order valence-electron chi connectivity index (χ0n) is 13.7. The molecule has 132 valence electrons. The molecule has 0 radical (unpaired) electrons. The number of nitrogens with zero attached hydrogens (tertiary/aromatic N) is 4. The summed E-state index contributed by atoms with van der Waals surface area (Å²) in [5, 5.41) is 18.0. The number of nitrogens with one attached hydrogen (secondary N) is 3. The highest BCUT2D eigenvalue weighted by Gasteiger charge is 2.16. The van der Waals surface area contributed by atoms with Crippen molar-refractivity contribution >= 4 is 33.4 Å². The lowest BCUT2D eigenvalue weighted by molar-refractivity contribution is 0.628.